The Hall–Kier alpha value is -2.44. The normalized spacial score (nSPS) is 23.7. The van der Waals surface area contributed by atoms with Crippen molar-refractivity contribution in [2.45, 2.75) is 43.4 Å². The minimum absolute atomic E-state index is 0.00752. The molecule has 0 unspecified atom stereocenters. The van der Waals surface area contributed by atoms with Crippen LogP contribution >= 0.6 is 0 Å². The number of nitrogens with zero attached hydrogens (tertiary/aromatic N) is 3. The second kappa shape index (κ2) is 7.28. The quantitative estimate of drug-likeness (QED) is 0.677. The van der Waals surface area contributed by atoms with Crippen molar-refractivity contribution in [1.29, 1.82) is 0 Å². The molecule has 33 heavy (non-hydrogen) atoms. The Morgan fingerprint density at radius 2 is 1.94 bits per heavy atom. The van der Waals surface area contributed by atoms with Crippen LogP contribution in [0.3, 0.4) is 0 Å². The predicted octanol–water partition coefficient (Wildman–Crippen LogP) is 1.66. The number of benzene rings is 1. The molecule has 5 rings (SSSR count). The molecule has 2 aromatic rings. The summed E-state index contributed by atoms with van der Waals surface area (Å²) in [5.41, 5.74) is 1.83. The molecule has 10 nitrogen and oxygen atoms in total. The average Bonchev–Trinajstić information content (AvgIpc) is 3.05. The fraction of sp³-hybridized carbons (Fsp3) is 0.524. The highest BCUT2D eigenvalue weighted by Crippen LogP contribution is 2.45. The van der Waals surface area contributed by atoms with Crippen LogP contribution in [0, 0.1) is 0 Å². The molecule has 1 saturated heterocycles. The van der Waals surface area contributed by atoms with Crippen molar-refractivity contribution in [1.82, 2.24) is 9.97 Å². The Kier molecular flexibility index (Phi) is 4.93. The van der Waals surface area contributed by atoms with Gasteiger partial charge in [-0.15, -0.1) is 0 Å². The lowest BCUT2D eigenvalue weighted by Gasteiger charge is -2.45. The minimum Gasteiger partial charge on any atom is -0.486 e. The van der Waals surface area contributed by atoms with Gasteiger partial charge in [0.1, 0.15) is 17.0 Å². The smallest absolute Gasteiger partial charge is 0.237 e. The first-order valence-electron chi connectivity index (χ1n) is 10.6. The van der Waals surface area contributed by atoms with Crippen LogP contribution < -0.4 is 14.4 Å². The maximum Gasteiger partial charge on any atom is 0.237 e. The third kappa shape index (κ3) is 3.55. The number of nitrogens with one attached hydrogen (secondary N) is 1. The Bertz CT molecular complexity index is 1360. The predicted molar refractivity (Wildman–Crippen MR) is 124 cm³/mol. The summed E-state index contributed by atoms with van der Waals surface area (Å²) in [6, 6.07) is 5.09. The minimum atomic E-state index is -3.58. The highest BCUT2D eigenvalue weighted by Gasteiger charge is 2.44. The van der Waals surface area contributed by atoms with Gasteiger partial charge in [-0.3, -0.25) is 4.72 Å². The van der Waals surface area contributed by atoms with Crippen LogP contribution in [0.4, 0.5) is 11.5 Å². The van der Waals surface area contributed by atoms with Crippen molar-refractivity contribution < 1.29 is 26.3 Å². The van der Waals surface area contributed by atoms with Gasteiger partial charge in [0.25, 0.3) is 0 Å². The molecule has 1 N–H and O–H groups in total. The van der Waals surface area contributed by atoms with Crippen molar-refractivity contribution >= 4 is 31.4 Å². The molecular weight excluding hydrogens is 468 g/mol. The molecule has 178 valence electrons. The topological polar surface area (TPSA) is 128 Å². The van der Waals surface area contributed by atoms with Gasteiger partial charge < -0.3 is 14.4 Å². The summed E-state index contributed by atoms with van der Waals surface area (Å²) in [6.45, 7) is 6.50. The first-order chi connectivity index (χ1) is 15.4. The molecule has 1 fully saturated rings. The molecule has 3 aliphatic heterocycles. The van der Waals surface area contributed by atoms with Crippen molar-refractivity contribution in [3.05, 3.63) is 29.5 Å². The molecule has 0 radical (unpaired) electrons. The van der Waals surface area contributed by atoms with Crippen LogP contribution in [-0.2, 0) is 35.1 Å². The number of morpholine rings is 1. The van der Waals surface area contributed by atoms with Gasteiger partial charge in [-0.1, -0.05) is 12.1 Å². The van der Waals surface area contributed by atoms with E-state index in [9.17, 15) is 16.8 Å². The fourth-order valence-electron chi connectivity index (χ4n) is 4.48. The Morgan fingerprint density at radius 3 is 2.67 bits per heavy atom. The Labute approximate surface area is 193 Å². The van der Waals surface area contributed by atoms with Crippen molar-refractivity contribution in [2.24, 2.45) is 0 Å². The van der Waals surface area contributed by atoms with E-state index in [1.165, 1.54) is 6.26 Å². The largest absolute Gasteiger partial charge is 0.486 e. The molecule has 0 bridgehead atoms. The van der Waals surface area contributed by atoms with Gasteiger partial charge in [0.05, 0.1) is 36.7 Å². The summed E-state index contributed by atoms with van der Waals surface area (Å²) >= 11 is 0. The van der Waals surface area contributed by atoms with Gasteiger partial charge in [-0.25, -0.2) is 26.8 Å². The zero-order valence-corrected chi connectivity index (χ0v) is 20.5. The zero-order chi connectivity index (χ0) is 23.8. The molecule has 4 heterocycles. The molecule has 1 aromatic heterocycles. The number of fused-ring (bicyclic) bond motifs is 4. The zero-order valence-electron chi connectivity index (χ0n) is 18.8. The standard InChI is InChI=1S/C21H26N4O6S2/c1-12-8-30-9-13-10-31-17-18(21(2,3)32(4,26)27)22-19(23-20(17)25(12)13)14-6-5-7-16-15(14)11-33(28,29)24-16/h5-7,12-13,24H,8-11H2,1-4H3/t12-,13+/m1/s1. The molecule has 0 spiro atoms. The number of rotatable bonds is 3. The van der Waals surface area contributed by atoms with Gasteiger partial charge >= 0.3 is 0 Å². The molecule has 0 aliphatic carbocycles. The van der Waals surface area contributed by atoms with E-state index >= 15 is 0 Å². The van der Waals surface area contributed by atoms with Crippen LogP contribution in [0.15, 0.2) is 18.2 Å². The molecule has 12 heteroatoms. The van der Waals surface area contributed by atoms with E-state index in [0.29, 0.717) is 48.2 Å². The number of sulfonamides is 1. The van der Waals surface area contributed by atoms with Gasteiger partial charge in [-0.05, 0) is 26.8 Å². The second-order valence-electron chi connectivity index (χ2n) is 9.28. The van der Waals surface area contributed by atoms with Gasteiger partial charge in [-0.2, -0.15) is 0 Å². The summed E-state index contributed by atoms with van der Waals surface area (Å²) < 4.78 is 62.9. The van der Waals surface area contributed by atoms with Gasteiger partial charge in [0, 0.05) is 17.4 Å². The lowest BCUT2D eigenvalue weighted by atomic mass is 10.0. The third-order valence-corrected chi connectivity index (χ3v) is 9.81. The number of aromatic nitrogens is 2. The Morgan fingerprint density at radius 1 is 1.18 bits per heavy atom. The summed E-state index contributed by atoms with van der Waals surface area (Å²) in [5, 5.41) is 0. The SMILES string of the molecule is C[C@@H]1COC[C@H]2COc3c(nc(-c4cccc5c4CS(=O)(=O)N5)nc3C(C)(C)S(C)(=O)=O)N21. The average molecular weight is 495 g/mol. The van der Waals surface area contributed by atoms with E-state index in [0.717, 1.165) is 0 Å². The molecule has 3 aliphatic rings. The molecule has 0 saturated carbocycles. The van der Waals surface area contributed by atoms with Crippen molar-refractivity contribution in [3.8, 4) is 17.1 Å². The number of ether oxygens (including phenoxy) is 2. The lowest BCUT2D eigenvalue weighted by molar-refractivity contribution is 0.0482. The van der Waals surface area contributed by atoms with Crippen molar-refractivity contribution in [2.75, 3.05) is 35.7 Å². The maximum absolute atomic E-state index is 12.8. The number of hydrogen-bond acceptors (Lipinski definition) is 9. The number of hydrogen-bond donors (Lipinski definition) is 1. The van der Waals surface area contributed by atoms with E-state index < -0.39 is 24.6 Å². The molecule has 1 aromatic carbocycles. The first-order valence-corrected chi connectivity index (χ1v) is 14.2. The van der Waals surface area contributed by atoms with Crippen LogP contribution in [0.25, 0.3) is 11.4 Å². The summed E-state index contributed by atoms with van der Waals surface area (Å²) in [5.74, 6) is 0.915. The highest BCUT2D eigenvalue weighted by molar-refractivity contribution is 7.92. The first kappa shape index (κ1) is 22.4. The van der Waals surface area contributed by atoms with Gasteiger partial charge in [0.15, 0.2) is 27.2 Å². The third-order valence-electron chi connectivity index (χ3n) is 6.56. The van der Waals surface area contributed by atoms with Crippen LogP contribution in [0.5, 0.6) is 5.75 Å². The van der Waals surface area contributed by atoms with E-state index in [2.05, 4.69) is 14.6 Å². The van der Waals surface area contributed by atoms with E-state index in [-0.39, 0.29) is 29.4 Å². The van der Waals surface area contributed by atoms with Crippen LogP contribution in [0.2, 0.25) is 0 Å². The van der Waals surface area contributed by atoms with E-state index in [4.69, 9.17) is 14.5 Å². The number of anilines is 2. The summed E-state index contributed by atoms with van der Waals surface area (Å²) in [7, 11) is -7.08. The highest BCUT2D eigenvalue weighted by atomic mass is 32.2. The number of sulfone groups is 1. The molecule has 2 atom stereocenters. The van der Waals surface area contributed by atoms with Crippen LogP contribution in [-0.4, -0.2) is 65.0 Å². The van der Waals surface area contributed by atoms with Crippen molar-refractivity contribution in [3.63, 3.8) is 0 Å². The van der Waals surface area contributed by atoms with Gasteiger partial charge in [0.2, 0.25) is 10.0 Å². The molecule has 0 amide bonds. The monoisotopic (exact) mass is 494 g/mol. The van der Waals surface area contributed by atoms with E-state index in [1.54, 1.807) is 32.0 Å². The maximum atomic E-state index is 12.8. The summed E-state index contributed by atoms with van der Waals surface area (Å²) in [6.07, 6.45) is 1.17. The Balaban J connectivity index is 1.78. The van der Waals surface area contributed by atoms with Crippen LogP contribution in [0.1, 0.15) is 32.0 Å². The lowest BCUT2D eigenvalue weighted by Crippen LogP contribution is -2.56. The summed E-state index contributed by atoms with van der Waals surface area (Å²) in [4.78, 5) is 11.6. The second-order valence-corrected chi connectivity index (χ2v) is 13.6. The fourth-order valence-corrected chi connectivity index (χ4v) is 6.26. The van der Waals surface area contributed by atoms with E-state index in [1.807, 2.05) is 6.92 Å². The molecular formula is C21H26N4O6S2.